The van der Waals surface area contributed by atoms with Gasteiger partial charge in [0.1, 0.15) is 6.04 Å². The van der Waals surface area contributed by atoms with Crippen molar-refractivity contribution in [1.82, 2.24) is 10.2 Å². The summed E-state index contributed by atoms with van der Waals surface area (Å²) >= 11 is 3.40. The van der Waals surface area contributed by atoms with Crippen LogP contribution < -0.4 is 5.32 Å². The zero-order valence-corrected chi connectivity index (χ0v) is 13.3. The maximum Gasteiger partial charge on any atom is 0.245 e. The number of carbonyl (C=O) groups excluding carboxylic acids is 2. The smallest absolute Gasteiger partial charge is 0.245 e. The minimum Gasteiger partial charge on any atom is -0.344 e. The van der Waals surface area contributed by atoms with Gasteiger partial charge in [-0.15, -0.1) is 0 Å². The number of hydrogen-bond acceptors (Lipinski definition) is 2. The highest BCUT2D eigenvalue weighted by atomic mass is 79.9. The molecule has 20 heavy (non-hydrogen) atoms. The van der Waals surface area contributed by atoms with Gasteiger partial charge in [0.15, 0.2) is 0 Å². The molecule has 1 aromatic rings. The molecule has 4 nitrogen and oxygen atoms in total. The first kappa shape index (κ1) is 15.0. The number of amides is 2. The molecule has 1 saturated heterocycles. The lowest BCUT2D eigenvalue weighted by molar-refractivity contribution is -0.135. The molecule has 2 atom stereocenters. The maximum atomic E-state index is 12.5. The second kappa shape index (κ2) is 6.39. The van der Waals surface area contributed by atoms with Crippen molar-refractivity contribution in [2.24, 2.45) is 0 Å². The van der Waals surface area contributed by atoms with Crippen molar-refractivity contribution < 1.29 is 9.59 Å². The van der Waals surface area contributed by atoms with E-state index in [1.165, 1.54) is 0 Å². The highest BCUT2D eigenvalue weighted by molar-refractivity contribution is 9.10. The van der Waals surface area contributed by atoms with Crippen molar-refractivity contribution in [3.8, 4) is 0 Å². The normalized spacial score (nSPS) is 23.4. The number of carbonyl (C=O) groups is 2. The summed E-state index contributed by atoms with van der Waals surface area (Å²) < 4.78 is 1.01. The topological polar surface area (TPSA) is 49.4 Å². The van der Waals surface area contributed by atoms with Gasteiger partial charge in [0.2, 0.25) is 11.8 Å². The summed E-state index contributed by atoms with van der Waals surface area (Å²) in [6.45, 7) is 4.38. The Hall–Kier alpha value is -1.36. The standard InChI is InChI=1S/C15H19BrN2O2/c1-3-13-15(20)18(10(2)8-14(19)17-13)9-11-4-6-12(16)7-5-11/h4-7,10,13H,3,8-9H2,1-2H3,(H,17,19). The Labute approximate surface area is 127 Å². The molecule has 1 fully saturated rings. The molecule has 1 heterocycles. The molecule has 0 saturated carbocycles. The fourth-order valence-corrected chi connectivity index (χ4v) is 2.67. The van der Waals surface area contributed by atoms with E-state index in [0.29, 0.717) is 19.4 Å². The third kappa shape index (κ3) is 3.39. The Balaban J connectivity index is 2.20. The monoisotopic (exact) mass is 338 g/mol. The first-order valence-electron chi connectivity index (χ1n) is 6.85. The first-order chi connectivity index (χ1) is 9.51. The van der Waals surface area contributed by atoms with E-state index in [1.54, 1.807) is 4.90 Å². The summed E-state index contributed by atoms with van der Waals surface area (Å²) in [5.74, 6) is -0.0372. The van der Waals surface area contributed by atoms with Crippen LogP contribution >= 0.6 is 15.9 Å². The van der Waals surface area contributed by atoms with Gasteiger partial charge in [-0.2, -0.15) is 0 Å². The zero-order valence-electron chi connectivity index (χ0n) is 11.7. The van der Waals surface area contributed by atoms with Gasteiger partial charge in [-0.3, -0.25) is 9.59 Å². The second-order valence-electron chi connectivity index (χ2n) is 5.17. The van der Waals surface area contributed by atoms with E-state index in [9.17, 15) is 9.59 Å². The average molecular weight is 339 g/mol. The average Bonchev–Trinajstić information content (AvgIpc) is 2.52. The molecule has 2 amide bonds. The van der Waals surface area contributed by atoms with E-state index in [0.717, 1.165) is 10.0 Å². The van der Waals surface area contributed by atoms with Crippen molar-refractivity contribution >= 4 is 27.7 Å². The number of nitrogens with zero attached hydrogens (tertiary/aromatic N) is 1. The molecule has 108 valence electrons. The summed E-state index contributed by atoms with van der Waals surface area (Å²) in [4.78, 5) is 26.1. The zero-order chi connectivity index (χ0) is 14.7. The van der Waals surface area contributed by atoms with Gasteiger partial charge < -0.3 is 10.2 Å². The molecule has 0 aromatic heterocycles. The van der Waals surface area contributed by atoms with Gasteiger partial charge >= 0.3 is 0 Å². The quantitative estimate of drug-likeness (QED) is 0.920. The molecule has 1 aliphatic rings. The van der Waals surface area contributed by atoms with Crippen LogP contribution in [0.5, 0.6) is 0 Å². The molecule has 0 aliphatic carbocycles. The van der Waals surface area contributed by atoms with E-state index < -0.39 is 6.04 Å². The highest BCUT2D eigenvalue weighted by Gasteiger charge is 2.32. The van der Waals surface area contributed by atoms with Crippen molar-refractivity contribution in [2.75, 3.05) is 0 Å². The fraction of sp³-hybridized carbons (Fsp3) is 0.467. The van der Waals surface area contributed by atoms with E-state index in [-0.39, 0.29) is 17.9 Å². The number of rotatable bonds is 3. The largest absolute Gasteiger partial charge is 0.344 e. The minimum absolute atomic E-state index is 0.00812. The summed E-state index contributed by atoms with van der Waals surface area (Å²) in [5.41, 5.74) is 1.07. The van der Waals surface area contributed by atoms with Gasteiger partial charge in [-0.1, -0.05) is 35.0 Å². The van der Waals surface area contributed by atoms with Gasteiger partial charge in [0.25, 0.3) is 0 Å². The van der Waals surface area contributed by atoms with Crippen LogP contribution in [0, 0.1) is 0 Å². The van der Waals surface area contributed by atoms with Crippen LogP contribution in [0.15, 0.2) is 28.7 Å². The van der Waals surface area contributed by atoms with Gasteiger partial charge in [-0.05, 0) is 31.0 Å². The van der Waals surface area contributed by atoms with Gasteiger partial charge in [0, 0.05) is 23.5 Å². The van der Waals surface area contributed by atoms with Gasteiger partial charge in [-0.25, -0.2) is 0 Å². The number of nitrogens with one attached hydrogen (secondary N) is 1. The SMILES string of the molecule is CCC1NC(=O)CC(C)N(Cc2ccc(Br)cc2)C1=O. The molecule has 1 aromatic carbocycles. The Kier molecular flexibility index (Phi) is 4.81. The van der Waals surface area contributed by atoms with Crippen LogP contribution in [0.2, 0.25) is 0 Å². The molecule has 5 heteroatoms. The lowest BCUT2D eigenvalue weighted by Gasteiger charge is -2.28. The number of benzene rings is 1. The summed E-state index contributed by atoms with van der Waals surface area (Å²) in [6.07, 6.45) is 0.979. The third-order valence-corrected chi connectivity index (χ3v) is 4.13. The summed E-state index contributed by atoms with van der Waals surface area (Å²) in [7, 11) is 0. The maximum absolute atomic E-state index is 12.5. The Bertz CT molecular complexity index is 501. The lowest BCUT2D eigenvalue weighted by Crippen LogP contribution is -2.45. The molecular weight excluding hydrogens is 320 g/mol. The van der Waals surface area contributed by atoms with Crippen LogP contribution in [0.4, 0.5) is 0 Å². The Morgan fingerprint density at radius 2 is 1.95 bits per heavy atom. The summed E-state index contributed by atoms with van der Waals surface area (Å²) in [5, 5.41) is 2.80. The van der Waals surface area contributed by atoms with E-state index in [1.807, 2.05) is 38.1 Å². The van der Waals surface area contributed by atoms with Crippen LogP contribution in [-0.4, -0.2) is 28.8 Å². The molecule has 0 radical (unpaired) electrons. The van der Waals surface area contributed by atoms with Crippen LogP contribution in [0.1, 0.15) is 32.3 Å². The predicted molar refractivity (Wildman–Crippen MR) is 81.0 cm³/mol. The van der Waals surface area contributed by atoms with E-state index >= 15 is 0 Å². The lowest BCUT2D eigenvalue weighted by atomic mass is 10.1. The Morgan fingerprint density at radius 3 is 2.55 bits per heavy atom. The minimum atomic E-state index is -0.400. The van der Waals surface area contributed by atoms with Crippen LogP contribution in [0.25, 0.3) is 0 Å². The second-order valence-corrected chi connectivity index (χ2v) is 6.09. The number of halogens is 1. The van der Waals surface area contributed by atoms with Crippen LogP contribution in [-0.2, 0) is 16.1 Å². The van der Waals surface area contributed by atoms with Crippen LogP contribution in [0.3, 0.4) is 0 Å². The number of hydrogen-bond donors (Lipinski definition) is 1. The molecular formula is C15H19BrN2O2. The van der Waals surface area contributed by atoms with Gasteiger partial charge in [0.05, 0.1) is 0 Å². The molecule has 2 unspecified atom stereocenters. The molecule has 0 bridgehead atoms. The van der Waals surface area contributed by atoms with Crippen molar-refractivity contribution in [2.45, 2.75) is 45.3 Å². The fourth-order valence-electron chi connectivity index (χ4n) is 2.41. The molecule has 1 N–H and O–H groups in total. The highest BCUT2D eigenvalue weighted by Crippen LogP contribution is 2.18. The predicted octanol–water partition coefficient (Wildman–Crippen LogP) is 2.46. The third-order valence-electron chi connectivity index (χ3n) is 3.60. The van der Waals surface area contributed by atoms with E-state index in [4.69, 9.17) is 0 Å². The van der Waals surface area contributed by atoms with Crippen molar-refractivity contribution in [3.63, 3.8) is 0 Å². The van der Waals surface area contributed by atoms with Crippen molar-refractivity contribution in [1.29, 1.82) is 0 Å². The molecule has 2 rings (SSSR count). The van der Waals surface area contributed by atoms with E-state index in [2.05, 4.69) is 21.2 Å². The summed E-state index contributed by atoms with van der Waals surface area (Å²) in [6, 6.07) is 7.42. The molecule has 1 aliphatic heterocycles. The first-order valence-corrected chi connectivity index (χ1v) is 7.65. The van der Waals surface area contributed by atoms with Crippen molar-refractivity contribution in [3.05, 3.63) is 34.3 Å². The molecule has 0 spiro atoms. The Morgan fingerprint density at radius 1 is 1.30 bits per heavy atom.